The first-order valence-electron chi connectivity index (χ1n) is 13.2. The van der Waals surface area contributed by atoms with Gasteiger partial charge in [0.2, 0.25) is 5.91 Å². The lowest BCUT2D eigenvalue weighted by Crippen LogP contribution is -2.47. The van der Waals surface area contributed by atoms with E-state index >= 15 is 0 Å². The average Bonchev–Trinajstić information content (AvgIpc) is 3.72. The number of hydrogen-bond donors (Lipinski definition) is 1. The van der Waals surface area contributed by atoms with Crippen molar-refractivity contribution in [2.75, 3.05) is 13.1 Å². The zero-order chi connectivity index (χ0) is 25.4. The molecule has 4 heterocycles. The quantitative estimate of drug-likeness (QED) is 0.425. The molecule has 2 atom stereocenters. The van der Waals surface area contributed by atoms with Crippen LogP contribution in [0.1, 0.15) is 41.9 Å². The number of amides is 1. The van der Waals surface area contributed by atoms with Crippen molar-refractivity contribution in [2.24, 2.45) is 13.0 Å². The molecule has 1 aliphatic heterocycles. The maximum absolute atomic E-state index is 14.1. The van der Waals surface area contributed by atoms with Gasteiger partial charge in [0.05, 0.1) is 5.92 Å². The maximum Gasteiger partial charge on any atom is 0.250 e. The molecule has 3 aromatic heterocycles. The van der Waals surface area contributed by atoms with Gasteiger partial charge in [-0.3, -0.25) is 14.6 Å². The van der Waals surface area contributed by atoms with Gasteiger partial charge in [-0.2, -0.15) is 0 Å². The van der Waals surface area contributed by atoms with Crippen molar-refractivity contribution >= 4 is 16.8 Å². The number of piperidine rings is 1. The third kappa shape index (κ3) is 4.83. The molecule has 1 N–H and O–H groups in total. The fourth-order valence-electron chi connectivity index (χ4n) is 5.75. The molecule has 7 heteroatoms. The molecule has 1 saturated carbocycles. The summed E-state index contributed by atoms with van der Waals surface area (Å²) in [7, 11) is 1.76. The van der Waals surface area contributed by atoms with Crippen LogP contribution in [0.3, 0.4) is 0 Å². The molecule has 2 fully saturated rings. The predicted octanol–water partition coefficient (Wildman–Crippen LogP) is 3.67. The first kappa shape index (κ1) is 23.7. The minimum atomic E-state index is -0.174. The van der Waals surface area contributed by atoms with Gasteiger partial charge in [0, 0.05) is 74.5 Å². The van der Waals surface area contributed by atoms with Crippen LogP contribution in [0.5, 0.6) is 0 Å². The number of nitrogens with zero attached hydrogens (tertiary/aromatic N) is 4. The van der Waals surface area contributed by atoms with Crippen molar-refractivity contribution in [2.45, 2.75) is 44.3 Å². The van der Waals surface area contributed by atoms with Crippen molar-refractivity contribution in [3.63, 3.8) is 0 Å². The fourth-order valence-corrected chi connectivity index (χ4v) is 5.75. The molecule has 37 heavy (non-hydrogen) atoms. The third-order valence-electron chi connectivity index (χ3n) is 7.94. The van der Waals surface area contributed by atoms with Crippen LogP contribution >= 0.6 is 0 Å². The summed E-state index contributed by atoms with van der Waals surface area (Å²) in [6, 6.07) is 16.6. The number of fused-ring (bicyclic) bond motifs is 1. The Balaban J connectivity index is 1.30. The minimum absolute atomic E-state index is 0.0247. The van der Waals surface area contributed by atoms with Crippen LogP contribution in [0.25, 0.3) is 10.9 Å². The molecule has 0 spiro atoms. The number of hydrogen-bond acceptors (Lipinski definition) is 4. The Kier molecular flexibility index (Phi) is 6.38. The first-order chi connectivity index (χ1) is 18.1. The lowest BCUT2D eigenvalue weighted by atomic mass is 9.80. The molecule has 190 valence electrons. The van der Waals surface area contributed by atoms with Crippen LogP contribution in [-0.2, 0) is 24.9 Å². The monoisotopic (exact) mass is 495 g/mol. The highest BCUT2D eigenvalue weighted by Crippen LogP contribution is 2.36. The van der Waals surface area contributed by atoms with E-state index in [4.69, 9.17) is 0 Å². The number of pyridine rings is 2. The van der Waals surface area contributed by atoms with E-state index in [0.29, 0.717) is 19.1 Å². The minimum Gasteiger partial charge on any atom is -0.343 e. The number of carbonyl (C=O) groups is 1. The molecule has 6 rings (SSSR count). The van der Waals surface area contributed by atoms with Crippen molar-refractivity contribution in [1.29, 1.82) is 0 Å². The molecule has 1 saturated heterocycles. The molecule has 1 unspecified atom stereocenters. The molecule has 1 amide bonds. The molecule has 1 aromatic carbocycles. The van der Waals surface area contributed by atoms with Crippen molar-refractivity contribution in [3.8, 4) is 0 Å². The molecule has 0 radical (unpaired) electrons. The van der Waals surface area contributed by atoms with Crippen LogP contribution in [0.15, 0.2) is 78.1 Å². The van der Waals surface area contributed by atoms with E-state index in [9.17, 15) is 9.59 Å². The van der Waals surface area contributed by atoms with Gasteiger partial charge in [0.25, 0.3) is 5.56 Å². The van der Waals surface area contributed by atoms with Crippen LogP contribution < -0.4 is 10.9 Å². The van der Waals surface area contributed by atoms with E-state index in [1.54, 1.807) is 17.7 Å². The van der Waals surface area contributed by atoms with Crippen LogP contribution in [0.4, 0.5) is 0 Å². The average molecular weight is 496 g/mol. The van der Waals surface area contributed by atoms with Gasteiger partial charge >= 0.3 is 0 Å². The van der Waals surface area contributed by atoms with Crippen LogP contribution in [0.2, 0.25) is 0 Å². The lowest BCUT2D eigenvalue weighted by Gasteiger charge is -2.35. The second-order valence-electron chi connectivity index (χ2n) is 10.5. The SMILES string of the molecule is Cn1ccc(C2CCNC[C@@H]2C(=O)N(Cc2cn(Cc3ccncc3)c3ccccc23)C2CC2)cc1=O. The molecule has 1 aliphatic carbocycles. The summed E-state index contributed by atoms with van der Waals surface area (Å²) in [5.41, 5.74) is 4.51. The predicted molar refractivity (Wildman–Crippen MR) is 144 cm³/mol. The highest BCUT2D eigenvalue weighted by molar-refractivity contribution is 5.86. The van der Waals surface area contributed by atoms with E-state index in [0.717, 1.165) is 37.9 Å². The van der Waals surface area contributed by atoms with E-state index in [-0.39, 0.29) is 23.3 Å². The van der Waals surface area contributed by atoms with E-state index in [1.807, 2.05) is 36.8 Å². The summed E-state index contributed by atoms with van der Waals surface area (Å²) in [5.74, 6) is 0.0786. The summed E-state index contributed by atoms with van der Waals surface area (Å²) >= 11 is 0. The van der Waals surface area contributed by atoms with Gasteiger partial charge in [-0.25, -0.2) is 0 Å². The van der Waals surface area contributed by atoms with Gasteiger partial charge in [-0.15, -0.1) is 0 Å². The third-order valence-corrected chi connectivity index (χ3v) is 7.94. The number of benzene rings is 1. The van der Waals surface area contributed by atoms with E-state index in [1.165, 1.54) is 22.0 Å². The second-order valence-corrected chi connectivity index (χ2v) is 10.5. The Morgan fingerprint density at radius 1 is 1.11 bits per heavy atom. The van der Waals surface area contributed by atoms with Gasteiger partial charge in [0.1, 0.15) is 0 Å². The number of para-hydroxylation sites is 1. The van der Waals surface area contributed by atoms with Crippen molar-refractivity contribution in [1.82, 2.24) is 24.3 Å². The molecule has 2 aliphatic rings. The smallest absolute Gasteiger partial charge is 0.250 e. The van der Waals surface area contributed by atoms with E-state index in [2.05, 4.69) is 50.2 Å². The first-order valence-corrected chi connectivity index (χ1v) is 13.2. The standard InChI is InChI=1S/C30H33N5O2/c1-33-15-11-22(16-29(33)36)25-10-14-32-17-27(25)30(37)35(24-6-7-24)20-23-19-34(18-21-8-12-31-13-9-21)28-5-3-2-4-26(23)28/h2-5,8-9,11-13,15-16,19,24-25,27,32H,6-7,10,14,17-18,20H2,1H3/t25?,27-/m0/s1. The van der Waals surface area contributed by atoms with Gasteiger partial charge in [-0.1, -0.05) is 18.2 Å². The number of aromatic nitrogens is 3. The highest BCUT2D eigenvalue weighted by Gasteiger charge is 2.40. The van der Waals surface area contributed by atoms with E-state index < -0.39 is 0 Å². The van der Waals surface area contributed by atoms with Crippen LogP contribution in [-0.4, -0.2) is 44.1 Å². The topological polar surface area (TPSA) is 72.2 Å². The van der Waals surface area contributed by atoms with Crippen LogP contribution in [0, 0.1) is 5.92 Å². The number of rotatable bonds is 7. The Morgan fingerprint density at radius 2 is 1.92 bits per heavy atom. The Morgan fingerprint density at radius 3 is 2.70 bits per heavy atom. The summed E-state index contributed by atoms with van der Waals surface area (Å²) in [5, 5.41) is 4.63. The summed E-state index contributed by atoms with van der Waals surface area (Å²) in [4.78, 5) is 32.8. The summed E-state index contributed by atoms with van der Waals surface area (Å²) in [6.07, 6.45) is 10.6. The largest absolute Gasteiger partial charge is 0.343 e. The highest BCUT2D eigenvalue weighted by atomic mass is 16.2. The summed E-state index contributed by atoms with van der Waals surface area (Å²) < 4.78 is 3.86. The van der Waals surface area contributed by atoms with Crippen molar-refractivity contribution in [3.05, 3.63) is 100 Å². The van der Waals surface area contributed by atoms with Gasteiger partial charge in [-0.05, 0) is 72.7 Å². The maximum atomic E-state index is 14.1. The lowest BCUT2D eigenvalue weighted by molar-refractivity contribution is -0.138. The molecule has 0 bridgehead atoms. The number of aryl methyl sites for hydroxylation is 1. The molecular weight excluding hydrogens is 462 g/mol. The number of nitrogens with one attached hydrogen (secondary N) is 1. The Labute approximate surface area is 216 Å². The molecule has 4 aromatic rings. The normalized spacial score (nSPS) is 19.7. The molecular formula is C30H33N5O2. The summed E-state index contributed by atoms with van der Waals surface area (Å²) in [6.45, 7) is 2.87. The fraction of sp³-hybridized carbons (Fsp3) is 0.367. The molecule has 7 nitrogen and oxygen atoms in total. The van der Waals surface area contributed by atoms with Gasteiger partial charge in [0.15, 0.2) is 0 Å². The Hall–Kier alpha value is -3.71. The number of carbonyl (C=O) groups excluding carboxylic acids is 1. The second kappa shape index (κ2) is 9.98. The Bertz CT molecular complexity index is 1470. The van der Waals surface area contributed by atoms with Crippen molar-refractivity contribution < 1.29 is 4.79 Å². The van der Waals surface area contributed by atoms with Gasteiger partial charge < -0.3 is 19.4 Å². The zero-order valence-electron chi connectivity index (χ0n) is 21.2. The zero-order valence-corrected chi connectivity index (χ0v) is 21.2.